The van der Waals surface area contributed by atoms with Crippen molar-refractivity contribution >= 4 is 123 Å². The summed E-state index contributed by atoms with van der Waals surface area (Å²) in [5.74, 6) is 1.02. The highest BCUT2D eigenvalue weighted by Crippen LogP contribution is 2.38. The molecular weight excluding hydrogens is 1560 g/mol. The van der Waals surface area contributed by atoms with E-state index >= 15 is 0 Å². The number of amides is 2. The zero-order chi connectivity index (χ0) is 82.8. The van der Waals surface area contributed by atoms with E-state index < -0.39 is 28.1 Å². The standard InChI is InChI=1S/C31H31ClN4O3.C30H31ClN4O4S.C30H29ClN4O3/c1-3-25(35(17-7-16-33)30(37)22-12-10-20(2)11-13-22)29-34-27-24-18-23(32)14-15-26(24)39-28(27)31(38)36(29)19-21-8-5-4-6-9-21;1-3-25(35(17-7-16-32)40(37,38)23-13-10-20(2)11-14-23)29-33-27-24-18-22(31)12-15-26(24)39-28(27)30(36)34(29)19-21-8-5-4-6-9-21;1-3-24(34(16-15-32)29(36)21-11-9-19(2)10-12-21)28-33-26-23-17-22(31)13-14-25(23)38-27(26)30(37)35(28)18-20-7-5-4-6-8-20/h4-6,8-15,18,25H,3,7,16-17,19,33H2,1-2H3;4-6,8-15,18,25H,3,7,16-17,19,32H2,1-2H3;4-14,17,24H,3,15-16,18,32H2,1-2H3. The number of carbonyl (C=O) groups is 2. The van der Waals surface area contributed by atoms with E-state index in [-0.39, 0.29) is 82.9 Å². The molecule has 6 heterocycles. The fourth-order valence-electron chi connectivity index (χ4n) is 14.7. The van der Waals surface area contributed by atoms with E-state index in [1.807, 2.05) is 181 Å². The van der Waals surface area contributed by atoms with Gasteiger partial charge in [-0.15, -0.1) is 0 Å². The molecular formula is C91H91Cl3N12O10S. The number of sulfonamides is 1. The second-order valence-corrected chi connectivity index (χ2v) is 32.0. The van der Waals surface area contributed by atoms with Crippen LogP contribution in [-0.4, -0.2) is 102 Å². The summed E-state index contributed by atoms with van der Waals surface area (Å²) in [6, 6.07) is 64.4. The number of rotatable bonds is 27. The molecule has 0 aliphatic carbocycles. The summed E-state index contributed by atoms with van der Waals surface area (Å²) >= 11 is 18.8. The molecule has 3 unspecified atom stereocenters. The lowest BCUT2D eigenvalue weighted by Crippen LogP contribution is -2.41. The van der Waals surface area contributed by atoms with E-state index in [0.717, 1.165) is 33.4 Å². The molecule has 22 nitrogen and oxygen atoms in total. The first kappa shape index (κ1) is 83.6. The van der Waals surface area contributed by atoms with Gasteiger partial charge in [0.2, 0.25) is 26.8 Å². The first-order valence-corrected chi connectivity index (χ1v) is 41.6. The Balaban J connectivity index is 0.000000152. The van der Waals surface area contributed by atoms with E-state index in [0.29, 0.717) is 151 Å². The molecule has 117 heavy (non-hydrogen) atoms. The predicted molar refractivity (Wildman–Crippen MR) is 464 cm³/mol. The minimum Gasteiger partial charge on any atom is -0.448 e. The molecule has 26 heteroatoms. The molecule has 6 aromatic heterocycles. The number of hydrogen-bond acceptors (Lipinski definition) is 16. The van der Waals surface area contributed by atoms with Gasteiger partial charge in [-0.25, -0.2) is 23.4 Å². The Hall–Kier alpha value is -11.4. The third-order valence-electron chi connectivity index (χ3n) is 20.7. The van der Waals surface area contributed by atoms with Gasteiger partial charge < -0.3 is 40.3 Å². The van der Waals surface area contributed by atoms with Gasteiger partial charge in [-0.3, -0.25) is 37.7 Å². The van der Waals surface area contributed by atoms with E-state index in [2.05, 4.69) is 0 Å². The molecule has 0 saturated carbocycles. The van der Waals surface area contributed by atoms with Crippen LogP contribution in [0.4, 0.5) is 0 Å². The lowest BCUT2D eigenvalue weighted by molar-refractivity contribution is 0.0651. The smallest absolute Gasteiger partial charge is 0.297 e. The van der Waals surface area contributed by atoms with E-state index in [4.69, 9.17) is 80.2 Å². The van der Waals surface area contributed by atoms with Crippen LogP contribution in [0.3, 0.4) is 0 Å². The van der Waals surface area contributed by atoms with E-state index in [1.54, 1.807) is 97.8 Å². The number of fused-ring (bicyclic) bond motifs is 9. The van der Waals surface area contributed by atoms with Crippen molar-refractivity contribution in [3.05, 3.63) is 326 Å². The predicted octanol–water partition coefficient (Wildman–Crippen LogP) is 17.4. The number of benzene rings is 9. The quantitative estimate of drug-likeness (QED) is 0.0431. The maximum atomic E-state index is 14.1. The van der Waals surface area contributed by atoms with Gasteiger partial charge in [0.15, 0.2) is 0 Å². The van der Waals surface area contributed by atoms with Crippen LogP contribution in [0, 0.1) is 20.8 Å². The number of carbonyl (C=O) groups excluding carboxylic acids is 2. The molecule has 0 aliphatic rings. The zero-order valence-electron chi connectivity index (χ0n) is 65.8. The number of furan rings is 3. The largest absolute Gasteiger partial charge is 0.448 e. The minimum atomic E-state index is -3.96. The van der Waals surface area contributed by atoms with Gasteiger partial charge in [0.25, 0.3) is 28.5 Å². The second kappa shape index (κ2) is 37.3. The fourth-order valence-corrected chi connectivity index (χ4v) is 16.9. The number of hydrogen-bond donors (Lipinski definition) is 3. The SMILES string of the molecule is CCC(c1nc2c(oc3ccc(Cl)cc32)c(=O)n1Cc1ccccc1)N(CCCN)C(=O)c1ccc(C)cc1.CCC(c1nc2c(oc3ccc(Cl)cc32)c(=O)n1Cc1ccccc1)N(CCCN)S(=O)(=O)c1ccc(C)cc1.CCC(c1nc2c(oc3ccc(Cl)cc32)c(=O)n1Cc1ccccc1)N(CCN)C(=O)c1ccc(C)cc1. The second-order valence-electron chi connectivity index (χ2n) is 28.8. The van der Waals surface area contributed by atoms with Crippen molar-refractivity contribution in [1.29, 1.82) is 0 Å². The fraction of sp³-hybridized carbons (Fsp3) is 0.253. The summed E-state index contributed by atoms with van der Waals surface area (Å²) < 4.78 is 52.3. The van der Waals surface area contributed by atoms with Crippen LogP contribution in [0.2, 0.25) is 15.1 Å². The Morgan fingerprint density at radius 3 is 1.05 bits per heavy atom. The van der Waals surface area contributed by atoms with Crippen molar-refractivity contribution in [2.45, 2.75) is 116 Å². The molecule has 15 aromatic rings. The molecule has 15 rings (SSSR count). The van der Waals surface area contributed by atoms with Gasteiger partial charge in [0.1, 0.15) is 50.8 Å². The summed E-state index contributed by atoms with van der Waals surface area (Å²) in [7, 11) is -3.96. The Morgan fingerprint density at radius 2 is 0.726 bits per heavy atom. The van der Waals surface area contributed by atoms with E-state index in [1.165, 1.54) is 8.87 Å². The summed E-state index contributed by atoms with van der Waals surface area (Å²) in [4.78, 5) is 88.3. The number of nitrogens with zero attached hydrogens (tertiary/aromatic N) is 9. The molecule has 0 bridgehead atoms. The van der Waals surface area contributed by atoms with Crippen LogP contribution in [-0.2, 0) is 29.7 Å². The highest BCUT2D eigenvalue weighted by Gasteiger charge is 2.37. The summed E-state index contributed by atoms with van der Waals surface area (Å²) in [5.41, 5.74) is 26.9. The summed E-state index contributed by atoms with van der Waals surface area (Å²) in [6.45, 7) is 14.4. The molecule has 6 N–H and O–H groups in total. The van der Waals surface area contributed by atoms with Crippen LogP contribution in [0.5, 0.6) is 0 Å². The van der Waals surface area contributed by atoms with Gasteiger partial charge in [0, 0.05) is 68.5 Å². The first-order valence-electron chi connectivity index (χ1n) is 39.0. The highest BCUT2D eigenvalue weighted by atomic mass is 35.5. The Bertz CT molecular complexity index is 6380. The number of aromatic nitrogens is 6. The zero-order valence-corrected chi connectivity index (χ0v) is 68.9. The topological polar surface area (TPSA) is 300 Å². The lowest BCUT2D eigenvalue weighted by Gasteiger charge is -2.32. The molecule has 0 radical (unpaired) electrons. The van der Waals surface area contributed by atoms with E-state index in [9.17, 15) is 32.4 Å². The Kier molecular flexibility index (Phi) is 26.6. The molecule has 0 fully saturated rings. The van der Waals surface area contributed by atoms with Crippen molar-refractivity contribution in [2.75, 3.05) is 39.3 Å². The van der Waals surface area contributed by atoms with Crippen LogP contribution in [0.15, 0.2) is 251 Å². The van der Waals surface area contributed by atoms with Crippen molar-refractivity contribution in [3.8, 4) is 0 Å². The molecule has 0 saturated heterocycles. The molecule has 3 atom stereocenters. The molecule has 0 aliphatic heterocycles. The van der Waals surface area contributed by atoms with Gasteiger partial charge in [-0.1, -0.05) is 200 Å². The monoisotopic (exact) mass is 1650 g/mol. The molecule has 2 amide bonds. The number of nitrogens with two attached hydrogens (primary N) is 3. The Labute approximate surface area is 691 Å². The van der Waals surface area contributed by atoms with Gasteiger partial charge in [0.05, 0.1) is 42.7 Å². The van der Waals surface area contributed by atoms with Gasteiger partial charge >= 0.3 is 0 Å². The molecule has 9 aromatic carbocycles. The maximum Gasteiger partial charge on any atom is 0.297 e. The van der Waals surface area contributed by atoms with Crippen LogP contribution < -0.4 is 33.9 Å². The highest BCUT2D eigenvalue weighted by molar-refractivity contribution is 7.89. The van der Waals surface area contributed by atoms with Crippen LogP contribution >= 0.6 is 34.8 Å². The Morgan fingerprint density at radius 1 is 0.410 bits per heavy atom. The van der Waals surface area contributed by atoms with Crippen molar-refractivity contribution in [1.82, 2.24) is 42.8 Å². The number of halogens is 3. The first-order chi connectivity index (χ1) is 56.5. The van der Waals surface area contributed by atoms with Crippen LogP contribution in [0.1, 0.15) is 143 Å². The average molecular weight is 1650 g/mol. The van der Waals surface area contributed by atoms with Crippen molar-refractivity contribution in [2.24, 2.45) is 17.2 Å². The third kappa shape index (κ3) is 18.1. The molecule has 0 spiro atoms. The summed E-state index contributed by atoms with van der Waals surface area (Å²) in [5, 5.41) is 3.43. The van der Waals surface area contributed by atoms with Crippen molar-refractivity contribution < 1.29 is 31.3 Å². The normalized spacial score (nSPS) is 12.5. The number of aryl methyl sites for hydroxylation is 3. The molecule has 602 valence electrons. The van der Waals surface area contributed by atoms with Gasteiger partial charge in [-0.05, 0) is 174 Å². The third-order valence-corrected chi connectivity index (χ3v) is 23.3. The maximum absolute atomic E-state index is 14.1. The van der Waals surface area contributed by atoms with Gasteiger partial charge in [-0.2, -0.15) is 4.31 Å². The van der Waals surface area contributed by atoms with Crippen LogP contribution in [0.25, 0.3) is 66.2 Å². The lowest BCUT2D eigenvalue weighted by atomic mass is 10.1. The minimum absolute atomic E-state index is 0.0988. The van der Waals surface area contributed by atoms with Crippen molar-refractivity contribution in [3.63, 3.8) is 0 Å². The average Bonchev–Trinajstić information content (AvgIpc) is 1.67. The summed E-state index contributed by atoms with van der Waals surface area (Å²) in [6.07, 6.45) is 2.51.